The lowest BCUT2D eigenvalue weighted by Crippen LogP contribution is -2.55. The Hall–Kier alpha value is -0.670. The second kappa shape index (κ2) is 3.72. The molecular weight excluding hydrogens is 240 g/mol. The number of anilines is 1. The Bertz CT molecular complexity index is 382. The van der Waals surface area contributed by atoms with Crippen molar-refractivity contribution in [1.29, 1.82) is 0 Å². The maximum atomic E-state index is 13.3. The van der Waals surface area contributed by atoms with Crippen LogP contribution in [-0.2, 0) is 0 Å². The third-order valence-corrected chi connectivity index (χ3v) is 2.68. The molecule has 0 radical (unpaired) electrons. The van der Waals surface area contributed by atoms with Gasteiger partial charge in [0.1, 0.15) is 0 Å². The topological polar surface area (TPSA) is 38.3 Å². The van der Waals surface area contributed by atoms with Crippen LogP contribution >= 0.6 is 20.8 Å². The highest BCUT2D eigenvalue weighted by Gasteiger charge is 2.41. The molecule has 0 aliphatic carbocycles. The highest BCUT2D eigenvalue weighted by atomic mass is 35.5. The van der Waals surface area contributed by atoms with Crippen molar-refractivity contribution in [3.05, 3.63) is 11.5 Å². The number of ether oxygens (including phenoxy) is 1. The second-order valence-corrected chi connectivity index (χ2v) is 4.79. The van der Waals surface area contributed by atoms with Gasteiger partial charge in [0.25, 0.3) is 0 Å². The molecule has 0 spiro atoms. The van der Waals surface area contributed by atoms with Gasteiger partial charge in [-0.2, -0.15) is 4.98 Å². The monoisotopic (exact) mass is 249 g/mol. The van der Waals surface area contributed by atoms with Crippen LogP contribution in [0.5, 0.6) is 5.75 Å². The van der Waals surface area contributed by atoms with Crippen molar-refractivity contribution in [1.82, 2.24) is 9.97 Å². The Morgan fingerprint density at radius 3 is 2.87 bits per heavy atom. The van der Waals surface area contributed by atoms with E-state index >= 15 is 0 Å². The largest absolute Gasteiger partial charge is 0.491 e. The van der Waals surface area contributed by atoms with E-state index < -0.39 is 5.41 Å². The molecule has 2 rings (SSSR count). The van der Waals surface area contributed by atoms with Crippen molar-refractivity contribution < 1.29 is 9.13 Å². The van der Waals surface area contributed by atoms with Gasteiger partial charge in [-0.3, -0.25) is 0 Å². The fraction of sp³-hybridized carbons (Fsp3) is 0.500. The molecule has 4 nitrogen and oxygen atoms in total. The highest BCUT2D eigenvalue weighted by Crippen LogP contribution is 2.38. The van der Waals surface area contributed by atoms with Gasteiger partial charge < -0.3 is 9.64 Å². The maximum Gasteiger partial charge on any atom is 0.224 e. The lowest BCUT2D eigenvalue weighted by Gasteiger charge is -2.42. The molecule has 7 heteroatoms. The van der Waals surface area contributed by atoms with Gasteiger partial charge in [-0.25, -0.2) is 9.37 Å². The molecule has 0 aromatic carbocycles. The molecule has 15 heavy (non-hydrogen) atoms. The number of halogens is 2. The van der Waals surface area contributed by atoms with Crippen molar-refractivity contribution in [2.75, 3.05) is 25.1 Å². The first-order valence-electron chi connectivity index (χ1n) is 4.31. The summed E-state index contributed by atoms with van der Waals surface area (Å²) in [7, 11) is 3.68. The molecule has 1 aromatic heterocycles. The van der Waals surface area contributed by atoms with E-state index in [1.807, 2.05) is 0 Å². The molecule has 1 saturated heterocycles. The van der Waals surface area contributed by atoms with Gasteiger partial charge in [-0.15, -0.1) is 0 Å². The third-order valence-electron chi connectivity index (χ3n) is 2.13. The van der Waals surface area contributed by atoms with Crippen molar-refractivity contribution in [3.8, 4) is 5.75 Å². The number of hydrogen-bond donors (Lipinski definition) is 0. The normalized spacial score (nSPS) is 18.5. The average Bonchev–Trinajstić information content (AvgIpc) is 2.14. The molecule has 1 unspecified atom stereocenters. The van der Waals surface area contributed by atoms with Crippen molar-refractivity contribution in [2.24, 2.45) is 0 Å². The predicted molar refractivity (Wildman–Crippen MR) is 59.4 cm³/mol. The Morgan fingerprint density at radius 1 is 1.67 bits per heavy atom. The average molecular weight is 250 g/mol. The van der Waals surface area contributed by atoms with E-state index in [0.717, 1.165) is 0 Å². The van der Waals surface area contributed by atoms with Gasteiger partial charge in [0.05, 0.1) is 26.4 Å². The molecule has 0 amide bonds. The van der Waals surface area contributed by atoms with E-state index in [1.54, 1.807) is 4.90 Å². The predicted octanol–water partition coefficient (Wildman–Crippen LogP) is 1.50. The lowest BCUT2D eigenvalue weighted by molar-refractivity contribution is 0.229. The van der Waals surface area contributed by atoms with E-state index in [-0.39, 0.29) is 18.4 Å². The highest BCUT2D eigenvalue weighted by molar-refractivity contribution is 7.19. The first-order valence-corrected chi connectivity index (χ1v) is 5.27. The number of methoxy groups -OCH3 is 1. The van der Waals surface area contributed by atoms with E-state index in [2.05, 4.69) is 19.2 Å². The smallest absolute Gasteiger partial charge is 0.224 e. The van der Waals surface area contributed by atoms with E-state index in [0.29, 0.717) is 11.6 Å². The number of nitrogens with zero attached hydrogens (tertiary/aromatic N) is 3. The minimum Gasteiger partial charge on any atom is -0.491 e. The fourth-order valence-electron chi connectivity index (χ4n) is 1.45. The van der Waals surface area contributed by atoms with E-state index in [4.69, 9.17) is 16.3 Å². The van der Waals surface area contributed by atoms with Crippen LogP contribution in [-0.4, -0.2) is 35.6 Å². The number of hydrogen-bond acceptors (Lipinski definition) is 4. The van der Waals surface area contributed by atoms with Crippen LogP contribution in [0.15, 0.2) is 6.20 Å². The first-order chi connectivity index (χ1) is 7.02. The Balaban J connectivity index is 2.24. The van der Waals surface area contributed by atoms with E-state index in [1.165, 1.54) is 13.3 Å². The van der Waals surface area contributed by atoms with Crippen molar-refractivity contribution >= 4 is 26.7 Å². The molecule has 1 fully saturated rings. The van der Waals surface area contributed by atoms with Crippen LogP contribution < -0.4 is 9.64 Å². The lowest BCUT2D eigenvalue weighted by atomic mass is 10.2. The molecule has 1 aliphatic rings. The third kappa shape index (κ3) is 2.13. The van der Waals surface area contributed by atoms with Gasteiger partial charge in [0.15, 0.2) is 17.0 Å². The number of alkyl halides is 1. The summed E-state index contributed by atoms with van der Waals surface area (Å²) in [6, 6.07) is 0. The summed E-state index contributed by atoms with van der Waals surface area (Å²) in [5, 5.41) is -1.10. The summed E-state index contributed by atoms with van der Waals surface area (Å²) in [4.78, 5) is 9.55. The molecule has 0 saturated carbocycles. The molecule has 1 aromatic rings. The summed E-state index contributed by atoms with van der Waals surface area (Å²) >= 11 is 5.67. The Labute approximate surface area is 94.0 Å². The summed E-state index contributed by atoms with van der Waals surface area (Å²) in [6.45, 7) is 0.530. The summed E-state index contributed by atoms with van der Waals surface area (Å²) < 4.78 is 18.4. The molecule has 2 heterocycles. The summed E-state index contributed by atoms with van der Waals surface area (Å²) in [5.41, 5.74) is 0. The molecule has 0 N–H and O–H groups in total. The maximum absolute atomic E-state index is 13.3. The van der Waals surface area contributed by atoms with Gasteiger partial charge in [-0.1, -0.05) is 9.24 Å². The zero-order chi connectivity index (χ0) is 11.1. The zero-order valence-corrected chi connectivity index (χ0v) is 9.99. The molecule has 0 bridgehead atoms. The zero-order valence-electron chi connectivity index (χ0n) is 8.07. The van der Waals surface area contributed by atoms with Gasteiger partial charge in [-0.05, 0) is 11.6 Å². The van der Waals surface area contributed by atoms with E-state index in [9.17, 15) is 4.39 Å². The standard InChI is InChI=1S/C8H10ClFN3OP/c1-14-5-2-11-7(9)12-6(5)13-3-8(10,15)4-13/h2H,3-4,15H2,1H3. The molecule has 1 atom stereocenters. The van der Waals surface area contributed by atoms with Crippen LogP contribution in [0, 0.1) is 0 Å². The van der Waals surface area contributed by atoms with Gasteiger partial charge >= 0.3 is 0 Å². The van der Waals surface area contributed by atoms with Crippen molar-refractivity contribution in [2.45, 2.75) is 5.41 Å². The molecule has 1 aliphatic heterocycles. The Morgan fingerprint density at radius 2 is 2.33 bits per heavy atom. The van der Waals surface area contributed by atoms with Gasteiger partial charge in [0.2, 0.25) is 5.28 Å². The summed E-state index contributed by atoms with van der Waals surface area (Å²) in [6.07, 6.45) is 1.48. The van der Waals surface area contributed by atoms with Crippen LogP contribution in [0.4, 0.5) is 10.2 Å². The second-order valence-electron chi connectivity index (χ2n) is 3.42. The first kappa shape index (κ1) is 10.8. The number of aromatic nitrogens is 2. The van der Waals surface area contributed by atoms with Crippen molar-refractivity contribution in [3.63, 3.8) is 0 Å². The minimum atomic E-state index is -1.23. The molecular formula is C8H10ClFN3OP. The molecule has 82 valence electrons. The van der Waals surface area contributed by atoms with Crippen LogP contribution in [0.1, 0.15) is 0 Å². The van der Waals surface area contributed by atoms with Crippen LogP contribution in [0.2, 0.25) is 5.28 Å². The fourth-order valence-corrected chi connectivity index (χ4v) is 2.02. The minimum absolute atomic E-state index is 0.130. The SMILES string of the molecule is COc1cnc(Cl)nc1N1CC(F)(P)C1. The van der Waals surface area contributed by atoms with Crippen LogP contribution in [0.3, 0.4) is 0 Å². The summed E-state index contributed by atoms with van der Waals surface area (Å²) in [5.74, 6) is 1.04. The van der Waals surface area contributed by atoms with Crippen LogP contribution in [0.25, 0.3) is 0 Å². The Kier molecular flexibility index (Phi) is 2.69. The van der Waals surface area contributed by atoms with Gasteiger partial charge in [0, 0.05) is 0 Å². The number of rotatable bonds is 2. The quantitative estimate of drug-likeness (QED) is 0.588.